The number of amides is 2. The number of pyridine rings is 1. The Morgan fingerprint density at radius 3 is 2.75 bits per heavy atom. The van der Waals surface area contributed by atoms with Crippen LogP contribution in [0.3, 0.4) is 0 Å². The van der Waals surface area contributed by atoms with Gasteiger partial charge in [0.25, 0.3) is 5.91 Å². The van der Waals surface area contributed by atoms with Crippen molar-refractivity contribution in [2.75, 3.05) is 0 Å². The van der Waals surface area contributed by atoms with Crippen molar-refractivity contribution in [2.45, 2.75) is 31.7 Å². The summed E-state index contributed by atoms with van der Waals surface area (Å²) >= 11 is 0. The van der Waals surface area contributed by atoms with Crippen molar-refractivity contribution in [2.24, 2.45) is 11.7 Å². The lowest BCUT2D eigenvalue weighted by atomic mass is 9.83. The number of carbonyl (C=O) groups is 3. The molecule has 0 radical (unpaired) electrons. The Labute approximate surface area is 139 Å². The fraction of sp³-hybridized carbons (Fsp3) is 0.333. The summed E-state index contributed by atoms with van der Waals surface area (Å²) < 4.78 is 0. The van der Waals surface area contributed by atoms with Crippen LogP contribution in [0.5, 0.6) is 0 Å². The molecular weight excluding hydrogens is 306 g/mol. The van der Waals surface area contributed by atoms with Crippen molar-refractivity contribution < 1.29 is 14.4 Å². The van der Waals surface area contributed by atoms with E-state index in [-0.39, 0.29) is 23.8 Å². The molecule has 1 aliphatic carbocycles. The van der Waals surface area contributed by atoms with Gasteiger partial charge in [-0.15, -0.1) is 0 Å². The molecule has 1 aromatic carbocycles. The molecule has 124 valence electrons. The number of ketones is 1. The summed E-state index contributed by atoms with van der Waals surface area (Å²) in [5.41, 5.74) is 6.37. The van der Waals surface area contributed by atoms with E-state index in [1.54, 1.807) is 12.1 Å². The SMILES string of the molecule is NC(=O)[C@H](NC(=O)c1ccc2ccccc2n1)[C@H]1CCCC(=O)C1. The Morgan fingerprint density at radius 2 is 2.00 bits per heavy atom. The van der Waals surface area contributed by atoms with Crippen LogP contribution in [0, 0.1) is 5.92 Å². The normalized spacial score (nSPS) is 19.0. The van der Waals surface area contributed by atoms with E-state index in [0.717, 1.165) is 11.8 Å². The van der Waals surface area contributed by atoms with Gasteiger partial charge in [-0.1, -0.05) is 24.3 Å². The standard InChI is InChI=1S/C18H19N3O3/c19-17(23)16(12-5-3-6-13(22)10-12)21-18(24)15-9-8-11-4-1-2-7-14(11)20-15/h1-2,4,7-9,12,16H,3,5-6,10H2,(H2,19,23)(H,21,24)/t12-,16+/m0/s1. The Hall–Kier alpha value is -2.76. The molecule has 2 aromatic rings. The summed E-state index contributed by atoms with van der Waals surface area (Å²) in [6, 6.07) is 10.0. The summed E-state index contributed by atoms with van der Waals surface area (Å²) in [5.74, 6) is -1.21. The van der Waals surface area contributed by atoms with Crippen LogP contribution in [0.2, 0.25) is 0 Å². The van der Waals surface area contributed by atoms with Gasteiger partial charge in [0.15, 0.2) is 0 Å². The fourth-order valence-corrected chi connectivity index (χ4v) is 3.17. The first kappa shape index (κ1) is 16.1. The van der Waals surface area contributed by atoms with Gasteiger partial charge in [-0.3, -0.25) is 14.4 Å². The van der Waals surface area contributed by atoms with Crippen LogP contribution in [0.15, 0.2) is 36.4 Å². The Balaban J connectivity index is 1.79. The number of benzene rings is 1. The molecule has 2 amide bonds. The average Bonchev–Trinajstić information content (AvgIpc) is 2.58. The highest BCUT2D eigenvalue weighted by Crippen LogP contribution is 2.24. The first-order valence-electron chi connectivity index (χ1n) is 8.02. The van der Waals surface area contributed by atoms with Crippen molar-refractivity contribution in [1.82, 2.24) is 10.3 Å². The van der Waals surface area contributed by atoms with Gasteiger partial charge in [0, 0.05) is 18.2 Å². The van der Waals surface area contributed by atoms with Crippen LogP contribution in [-0.2, 0) is 9.59 Å². The van der Waals surface area contributed by atoms with Gasteiger partial charge in [-0.2, -0.15) is 0 Å². The molecule has 0 spiro atoms. The number of nitrogens with one attached hydrogen (secondary N) is 1. The predicted octanol–water partition coefficient (Wildman–Crippen LogP) is 1.58. The molecule has 3 N–H and O–H groups in total. The van der Waals surface area contributed by atoms with E-state index in [4.69, 9.17) is 5.73 Å². The zero-order valence-electron chi connectivity index (χ0n) is 13.2. The molecule has 24 heavy (non-hydrogen) atoms. The number of rotatable bonds is 4. The Bertz CT molecular complexity index is 803. The predicted molar refractivity (Wildman–Crippen MR) is 89.2 cm³/mol. The largest absolute Gasteiger partial charge is 0.368 e. The van der Waals surface area contributed by atoms with Crippen LogP contribution < -0.4 is 11.1 Å². The first-order valence-corrected chi connectivity index (χ1v) is 8.02. The van der Waals surface area contributed by atoms with Crippen molar-refractivity contribution in [3.8, 4) is 0 Å². The lowest BCUT2D eigenvalue weighted by molar-refractivity contribution is -0.124. The molecule has 1 heterocycles. The zero-order valence-corrected chi connectivity index (χ0v) is 13.2. The van der Waals surface area contributed by atoms with Gasteiger partial charge in [-0.05, 0) is 30.9 Å². The van der Waals surface area contributed by atoms with E-state index in [9.17, 15) is 14.4 Å². The van der Waals surface area contributed by atoms with E-state index in [2.05, 4.69) is 10.3 Å². The number of carbonyl (C=O) groups excluding carboxylic acids is 3. The molecule has 0 saturated heterocycles. The van der Waals surface area contributed by atoms with E-state index >= 15 is 0 Å². The highest BCUT2D eigenvalue weighted by Gasteiger charge is 2.32. The number of nitrogens with zero attached hydrogens (tertiary/aromatic N) is 1. The molecule has 1 aromatic heterocycles. The maximum atomic E-state index is 12.5. The molecule has 1 aliphatic rings. The molecule has 1 saturated carbocycles. The lowest BCUT2D eigenvalue weighted by Gasteiger charge is -2.28. The maximum absolute atomic E-state index is 12.5. The van der Waals surface area contributed by atoms with E-state index in [0.29, 0.717) is 18.4 Å². The fourth-order valence-electron chi connectivity index (χ4n) is 3.17. The molecule has 1 fully saturated rings. The van der Waals surface area contributed by atoms with Crippen molar-refractivity contribution in [1.29, 1.82) is 0 Å². The van der Waals surface area contributed by atoms with Gasteiger partial charge in [0.05, 0.1) is 5.52 Å². The molecular formula is C18H19N3O3. The minimum atomic E-state index is -0.852. The lowest BCUT2D eigenvalue weighted by Crippen LogP contribution is -2.50. The van der Waals surface area contributed by atoms with Gasteiger partial charge < -0.3 is 11.1 Å². The number of hydrogen-bond donors (Lipinski definition) is 2. The highest BCUT2D eigenvalue weighted by atomic mass is 16.2. The second-order valence-electron chi connectivity index (χ2n) is 6.14. The molecule has 0 bridgehead atoms. The van der Waals surface area contributed by atoms with Gasteiger partial charge in [-0.25, -0.2) is 4.98 Å². The Kier molecular flexibility index (Phi) is 4.55. The van der Waals surface area contributed by atoms with Crippen LogP contribution in [0.1, 0.15) is 36.2 Å². The number of para-hydroxylation sites is 1. The monoisotopic (exact) mass is 325 g/mol. The summed E-state index contributed by atoms with van der Waals surface area (Å²) in [7, 11) is 0. The van der Waals surface area contributed by atoms with Gasteiger partial charge in [0.2, 0.25) is 5.91 Å². The summed E-state index contributed by atoms with van der Waals surface area (Å²) in [6.45, 7) is 0. The third-order valence-corrected chi connectivity index (χ3v) is 4.42. The maximum Gasteiger partial charge on any atom is 0.270 e. The van der Waals surface area contributed by atoms with Crippen LogP contribution >= 0.6 is 0 Å². The van der Waals surface area contributed by atoms with E-state index in [1.807, 2.05) is 24.3 Å². The number of fused-ring (bicyclic) bond motifs is 1. The van der Waals surface area contributed by atoms with Crippen LogP contribution in [0.25, 0.3) is 10.9 Å². The number of Topliss-reactive ketones (excluding diaryl/α,β-unsaturated/α-hetero) is 1. The first-order chi connectivity index (χ1) is 11.5. The molecule has 0 aliphatic heterocycles. The van der Waals surface area contributed by atoms with E-state index < -0.39 is 17.9 Å². The van der Waals surface area contributed by atoms with Crippen molar-refractivity contribution >= 4 is 28.5 Å². The third kappa shape index (κ3) is 3.42. The highest BCUT2D eigenvalue weighted by molar-refractivity contribution is 5.97. The number of nitrogens with two attached hydrogens (primary N) is 1. The third-order valence-electron chi connectivity index (χ3n) is 4.42. The smallest absolute Gasteiger partial charge is 0.270 e. The second-order valence-corrected chi connectivity index (χ2v) is 6.14. The minimum absolute atomic E-state index is 0.107. The van der Waals surface area contributed by atoms with Gasteiger partial charge in [0.1, 0.15) is 17.5 Å². The summed E-state index contributed by atoms with van der Waals surface area (Å²) in [6.07, 6.45) is 2.23. The van der Waals surface area contributed by atoms with Gasteiger partial charge >= 0.3 is 0 Å². The number of hydrogen-bond acceptors (Lipinski definition) is 4. The quantitative estimate of drug-likeness (QED) is 0.891. The van der Waals surface area contributed by atoms with E-state index in [1.165, 1.54) is 0 Å². The second kappa shape index (κ2) is 6.78. The van der Waals surface area contributed by atoms with Crippen molar-refractivity contribution in [3.05, 3.63) is 42.1 Å². The Morgan fingerprint density at radius 1 is 1.21 bits per heavy atom. The molecule has 6 nitrogen and oxygen atoms in total. The number of aromatic nitrogens is 1. The summed E-state index contributed by atoms with van der Waals surface area (Å²) in [4.78, 5) is 40.2. The minimum Gasteiger partial charge on any atom is -0.368 e. The molecule has 6 heteroatoms. The summed E-state index contributed by atoms with van der Waals surface area (Å²) in [5, 5.41) is 3.59. The number of primary amides is 1. The van der Waals surface area contributed by atoms with Crippen molar-refractivity contribution in [3.63, 3.8) is 0 Å². The topological polar surface area (TPSA) is 102 Å². The molecule has 2 atom stereocenters. The average molecular weight is 325 g/mol. The molecule has 0 unspecified atom stereocenters. The molecule has 3 rings (SSSR count). The van der Waals surface area contributed by atoms with Crippen LogP contribution in [-0.4, -0.2) is 28.6 Å². The zero-order chi connectivity index (χ0) is 17.1. The van der Waals surface area contributed by atoms with Crippen LogP contribution in [0.4, 0.5) is 0 Å².